The monoisotopic (exact) mass is 340 g/mol. The largest absolute Gasteiger partial charge is 0.508 e. The fourth-order valence-corrected chi connectivity index (χ4v) is 3.22. The van der Waals surface area contributed by atoms with Gasteiger partial charge in [-0.3, -0.25) is 10.5 Å². The van der Waals surface area contributed by atoms with Crippen molar-refractivity contribution in [1.29, 1.82) is 10.7 Å². The van der Waals surface area contributed by atoms with Gasteiger partial charge in [-0.05, 0) is 19.4 Å². The smallest absolute Gasteiger partial charge is 0.243 e. The molecule has 2 unspecified atom stereocenters. The van der Waals surface area contributed by atoms with Crippen LogP contribution >= 0.6 is 0 Å². The number of nitrogens with one attached hydrogen (secondary N) is 2. The molecule has 25 heavy (non-hydrogen) atoms. The summed E-state index contributed by atoms with van der Waals surface area (Å²) < 4.78 is 11.1. The Morgan fingerprint density at radius 3 is 2.92 bits per heavy atom. The summed E-state index contributed by atoms with van der Waals surface area (Å²) in [6.45, 7) is 4.34. The molecule has 7 nitrogen and oxygen atoms in total. The number of aryl methyl sites for hydroxylation is 1. The standard InChI is InChI=1S/C18H20N4O3/c1-3-5-13-16-15(11-7-6-10(23)8-14(11)24-4-2)12(9-19)17(20)25-18(16)22-21-13/h6-8,12,15,20,23H,3-5H2,1-2H3,(H,21,22). The Hall–Kier alpha value is -3.01. The summed E-state index contributed by atoms with van der Waals surface area (Å²) in [6.07, 6.45) is 1.67. The molecule has 1 aromatic heterocycles. The molecule has 0 saturated carbocycles. The molecule has 1 aliphatic heterocycles. The molecule has 0 spiro atoms. The van der Waals surface area contributed by atoms with E-state index in [-0.39, 0.29) is 11.6 Å². The number of ether oxygens (including phenoxy) is 2. The number of aromatic nitrogens is 2. The fraction of sp³-hybridized carbons (Fsp3) is 0.389. The molecular formula is C18H20N4O3. The lowest BCUT2D eigenvalue weighted by molar-refractivity contribution is 0.329. The van der Waals surface area contributed by atoms with Gasteiger partial charge in [-0.25, -0.2) is 0 Å². The van der Waals surface area contributed by atoms with E-state index >= 15 is 0 Å². The molecule has 0 saturated heterocycles. The van der Waals surface area contributed by atoms with Gasteiger partial charge in [0.25, 0.3) is 0 Å². The fourth-order valence-electron chi connectivity index (χ4n) is 3.22. The number of rotatable bonds is 5. The van der Waals surface area contributed by atoms with Crippen molar-refractivity contribution in [2.24, 2.45) is 5.92 Å². The summed E-state index contributed by atoms with van der Waals surface area (Å²) in [5.41, 5.74) is 2.42. The molecule has 7 heteroatoms. The van der Waals surface area contributed by atoms with Crippen LogP contribution in [0.1, 0.15) is 43.0 Å². The van der Waals surface area contributed by atoms with E-state index in [4.69, 9.17) is 14.9 Å². The van der Waals surface area contributed by atoms with E-state index in [0.29, 0.717) is 18.2 Å². The van der Waals surface area contributed by atoms with Crippen LogP contribution in [0.25, 0.3) is 0 Å². The molecule has 1 aromatic carbocycles. The Bertz CT molecular complexity index is 837. The molecule has 2 aromatic rings. The predicted octanol–water partition coefficient (Wildman–Crippen LogP) is 3.11. The van der Waals surface area contributed by atoms with Crippen LogP contribution in [0.2, 0.25) is 0 Å². The highest BCUT2D eigenvalue weighted by atomic mass is 16.5. The normalized spacial score (nSPS) is 19.0. The zero-order valence-electron chi connectivity index (χ0n) is 14.2. The number of aromatic amines is 1. The number of benzene rings is 1. The van der Waals surface area contributed by atoms with Gasteiger partial charge >= 0.3 is 0 Å². The second-order valence-corrected chi connectivity index (χ2v) is 5.88. The molecule has 2 atom stereocenters. The summed E-state index contributed by atoms with van der Waals surface area (Å²) >= 11 is 0. The number of aromatic hydroxyl groups is 1. The summed E-state index contributed by atoms with van der Waals surface area (Å²) in [5.74, 6) is -0.445. The Balaban J connectivity index is 2.21. The minimum absolute atomic E-state index is 0.0871. The first kappa shape index (κ1) is 16.8. The maximum Gasteiger partial charge on any atom is 0.243 e. The van der Waals surface area contributed by atoms with Crippen molar-refractivity contribution in [2.45, 2.75) is 32.6 Å². The van der Waals surface area contributed by atoms with Gasteiger partial charge in [0, 0.05) is 28.8 Å². The average molecular weight is 340 g/mol. The molecule has 0 amide bonds. The topological polar surface area (TPSA) is 115 Å². The highest BCUT2D eigenvalue weighted by Crippen LogP contribution is 2.46. The third-order valence-corrected chi connectivity index (χ3v) is 4.25. The zero-order valence-corrected chi connectivity index (χ0v) is 14.2. The van der Waals surface area contributed by atoms with Crippen LogP contribution < -0.4 is 9.47 Å². The minimum Gasteiger partial charge on any atom is -0.508 e. The second kappa shape index (κ2) is 6.85. The highest BCUT2D eigenvalue weighted by Gasteiger charge is 2.41. The summed E-state index contributed by atoms with van der Waals surface area (Å²) in [7, 11) is 0. The van der Waals surface area contributed by atoms with Crippen molar-refractivity contribution in [1.82, 2.24) is 10.2 Å². The first-order chi connectivity index (χ1) is 12.1. The Morgan fingerprint density at radius 2 is 2.24 bits per heavy atom. The van der Waals surface area contributed by atoms with Gasteiger partial charge in [0.05, 0.1) is 12.7 Å². The van der Waals surface area contributed by atoms with Crippen molar-refractivity contribution >= 4 is 5.90 Å². The van der Waals surface area contributed by atoms with Gasteiger partial charge in [-0.1, -0.05) is 19.4 Å². The third-order valence-electron chi connectivity index (χ3n) is 4.25. The van der Waals surface area contributed by atoms with Gasteiger partial charge in [0.2, 0.25) is 11.8 Å². The third kappa shape index (κ3) is 2.91. The molecule has 0 fully saturated rings. The quantitative estimate of drug-likeness (QED) is 0.773. The van der Waals surface area contributed by atoms with Crippen LogP contribution in [0, 0.1) is 22.7 Å². The van der Waals surface area contributed by atoms with Gasteiger partial charge in [0.15, 0.2) is 0 Å². The molecule has 3 rings (SSSR count). The zero-order chi connectivity index (χ0) is 18.0. The summed E-state index contributed by atoms with van der Waals surface area (Å²) in [6, 6.07) is 7.01. The van der Waals surface area contributed by atoms with Crippen LogP contribution in [-0.4, -0.2) is 27.8 Å². The molecule has 2 heterocycles. The molecular weight excluding hydrogens is 320 g/mol. The lowest BCUT2D eigenvalue weighted by atomic mass is 9.78. The molecule has 0 radical (unpaired) electrons. The van der Waals surface area contributed by atoms with Crippen molar-refractivity contribution in [3.8, 4) is 23.4 Å². The van der Waals surface area contributed by atoms with E-state index in [1.54, 1.807) is 12.1 Å². The molecule has 0 aliphatic carbocycles. The van der Waals surface area contributed by atoms with Crippen LogP contribution in [0.15, 0.2) is 18.2 Å². The molecule has 1 aliphatic rings. The number of hydrogen-bond donors (Lipinski definition) is 3. The van der Waals surface area contributed by atoms with Crippen molar-refractivity contribution in [3.63, 3.8) is 0 Å². The van der Waals surface area contributed by atoms with Crippen molar-refractivity contribution in [2.75, 3.05) is 6.61 Å². The van der Waals surface area contributed by atoms with Crippen LogP contribution in [0.3, 0.4) is 0 Å². The minimum atomic E-state index is -0.788. The summed E-state index contributed by atoms with van der Waals surface area (Å²) in [5, 5.41) is 34.7. The van der Waals surface area contributed by atoms with E-state index < -0.39 is 11.8 Å². The van der Waals surface area contributed by atoms with E-state index in [1.165, 1.54) is 6.07 Å². The number of phenols is 1. The maximum absolute atomic E-state index is 9.80. The average Bonchev–Trinajstić information content (AvgIpc) is 2.97. The Morgan fingerprint density at radius 1 is 1.44 bits per heavy atom. The van der Waals surface area contributed by atoms with Crippen LogP contribution in [0.4, 0.5) is 0 Å². The highest BCUT2D eigenvalue weighted by molar-refractivity contribution is 5.85. The van der Waals surface area contributed by atoms with Crippen LogP contribution in [-0.2, 0) is 6.42 Å². The molecule has 0 bridgehead atoms. The van der Waals surface area contributed by atoms with E-state index in [9.17, 15) is 10.4 Å². The Labute approximate surface area is 145 Å². The number of nitrogens with zero attached hydrogens (tertiary/aromatic N) is 2. The maximum atomic E-state index is 9.80. The molecule has 130 valence electrons. The number of fused-ring (bicyclic) bond motifs is 1. The van der Waals surface area contributed by atoms with E-state index in [1.807, 2.05) is 6.92 Å². The lowest BCUT2D eigenvalue weighted by Gasteiger charge is -2.29. The number of hydrogen-bond acceptors (Lipinski definition) is 6. The number of phenolic OH excluding ortho intramolecular Hbond substituents is 1. The predicted molar refractivity (Wildman–Crippen MR) is 91.2 cm³/mol. The number of nitriles is 1. The molecule has 3 N–H and O–H groups in total. The van der Waals surface area contributed by atoms with Crippen LogP contribution in [0.5, 0.6) is 17.4 Å². The van der Waals surface area contributed by atoms with Crippen molar-refractivity contribution < 1.29 is 14.6 Å². The van der Waals surface area contributed by atoms with E-state index in [0.717, 1.165) is 29.7 Å². The van der Waals surface area contributed by atoms with Crippen molar-refractivity contribution in [3.05, 3.63) is 35.0 Å². The van der Waals surface area contributed by atoms with Gasteiger partial charge in [-0.2, -0.15) is 5.26 Å². The SMILES string of the molecule is CCCc1[nH]nc2c1C(c1ccc(O)cc1OCC)C(C#N)C(=N)O2. The lowest BCUT2D eigenvalue weighted by Crippen LogP contribution is -2.31. The second-order valence-electron chi connectivity index (χ2n) is 5.88. The first-order valence-corrected chi connectivity index (χ1v) is 8.29. The summed E-state index contributed by atoms with van der Waals surface area (Å²) in [4.78, 5) is 0. The first-order valence-electron chi connectivity index (χ1n) is 8.29. The number of H-pyrrole nitrogens is 1. The van der Waals surface area contributed by atoms with Gasteiger partial charge in [-0.15, -0.1) is 5.10 Å². The Kier molecular flexibility index (Phi) is 4.61. The van der Waals surface area contributed by atoms with E-state index in [2.05, 4.69) is 23.2 Å². The van der Waals surface area contributed by atoms with Gasteiger partial charge in [0.1, 0.15) is 17.4 Å². The van der Waals surface area contributed by atoms with Gasteiger partial charge < -0.3 is 14.6 Å².